The van der Waals surface area contributed by atoms with Crippen LogP contribution in [-0.2, 0) is 10.2 Å². The topological polar surface area (TPSA) is 75.2 Å². The molecule has 1 heterocycles. The summed E-state index contributed by atoms with van der Waals surface area (Å²) >= 11 is 0. The molecule has 11 heteroatoms. The average Bonchev–Trinajstić information content (AvgIpc) is 2.98. The average molecular weight is 451 g/mol. The maximum Gasteiger partial charge on any atom is 1.00 e. The molecule has 0 unspecified atom stereocenters. The molecule has 1 N–H and O–H groups in total. The van der Waals surface area contributed by atoms with Gasteiger partial charge in [0.05, 0.1) is 5.69 Å². The number of anilines is 1. The van der Waals surface area contributed by atoms with Crippen LogP contribution in [0, 0.1) is 17.6 Å². The van der Waals surface area contributed by atoms with Crippen LogP contribution in [0.3, 0.4) is 0 Å². The summed E-state index contributed by atoms with van der Waals surface area (Å²) in [5, 5.41) is 24.7. The van der Waals surface area contributed by atoms with E-state index in [1.54, 1.807) is 0 Å². The number of amides is 1. The van der Waals surface area contributed by atoms with Crippen LogP contribution in [0.25, 0.3) is 0 Å². The van der Waals surface area contributed by atoms with Crippen molar-refractivity contribution in [3.63, 3.8) is 0 Å². The van der Waals surface area contributed by atoms with Gasteiger partial charge in [0.1, 0.15) is 5.41 Å². The first-order valence-electron chi connectivity index (χ1n) is 9.26. The fourth-order valence-corrected chi connectivity index (χ4v) is 4.64. The van der Waals surface area contributed by atoms with Crippen molar-refractivity contribution in [3.05, 3.63) is 59.2 Å². The molecule has 1 amide bonds. The number of nitrogens with one attached hydrogen (secondary N) is 1. The molecule has 2 aliphatic rings. The number of carbonyl (C=O) groups is 1. The number of rotatable bonds is 3. The summed E-state index contributed by atoms with van der Waals surface area (Å²) in [6.07, 6.45) is -0.835. The van der Waals surface area contributed by atoms with E-state index in [4.69, 9.17) is 0 Å². The van der Waals surface area contributed by atoms with Gasteiger partial charge in [-0.05, 0) is 36.0 Å². The number of hydrogen-bond donors (Lipinski definition) is 1. The molecule has 0 aromatic heterocycles. The molecule has 1 fully saturated rings. The number of halogens is 4. The number of alkyl halides is 2. The molecule has 1 aliphatic heterocycles. The summed E-state index contributed by atoms with van der Waals surface area (Å²) in [4.78, 5) is 13.2. The van der Waals surface area contributed by atoms with E-state index in [1.807, 2.05) is 0 Å². The van der Waals surface area contributed by atoms with E-state index in [9.17, 15) is 32.4 Å². The molecule has 0 spiro atoms. The van der Waals surface area contributed by atoms with Crippen LogP contribution in [0.1, 0.15) is 36.8 Å². The summed E-state index contributed by atoms with van der Waals surface area (Å²) in [7, 11) is -2.22. The summed E-state index contributed by atoms with van der Waals surface area (Å²) in [5.74, 6) is -6.41. The predicted molar refractivity (Wildman–Crippen MR) is 94.5 cm³/mol. The van der Waals surface area contributed by atoms with Gasteiger partial charge in [-0.1, -0.05) is 37.5 Å². The summed E-state index contributed by atoms with van der Waals surface area (Å²) < 4.78 is 55.7. The third-order valence-corrected chi connectivity index (χ3v) is 6.08. The standard InChI is InChI=1S/C20H16BF4NO3.2Na/c22-15-6-5-14-17(16(15)23)26-18(27)20(14,12-7-9-19(24,25)10-8-12)11-1-3-13(4-2-11)21(28)29;;/h1-6,12H,7-10H2,(H,26,27);;/q-2;2*+1/t20-;;/m0../s1. The zero-order chi connectivity index (χ0) is 21.0. The molecule has 2 aromatic rings. The minimum absolute atomic E-state index is 0. The normalized spacial score (nSPS) is 22.1. The molecule has 31 heavy (non-hydrogen) atoms. The summed E-state index contributed by atoms with van der Waals surface area (Å²) in [6, 6.07) is 7.59. The molecule has 0 bridgehead atoms. The molecular weight excluding hydrogens is 435 g/mol. The Kier molecular flexibility index (Phi) is 8.54. The van der Waals surface area contributed by atoms with Gasteiger partial charge < -0.3 is 15.4 Å². The Hall–Kier alpha value is -0.385. The van der Waals surface area contributed by atoms with Crippen LogP contribution in [0.5, 0.6) is 0 Å². The zero-order valence-corrected chi connectivity index (χ0v) is 21.2. The maximum absolute atomic E-state index is 14.4. The van der Waals surface area contributed by atoms with Gasteiger partial charge in [0.2, 0.25) is 11.8 Å². The minimum Gasteiger partial charge on any atom is -0.889 e. The molecule has 0 radical (unpaired) electrons. The first-order chi connectivity index (χ1) is 13.7. The predicted octanol–water partition coefficient (Wildman–Crippen LogP) is -4.55. The van der Waals surface area contributed by atoms with E-state index in [2.05, 4.69) is 5.32 Å². The van der Waals surface area contributed by atoms with Crippen molar-refractivity contribution in [2.75, 3.05) is 5.32 Å². The van der Waals surface area contributed by atoms with Gasteiger partial charge >= 0.3 is 59.1 Å². The number of hydrogen-bond acceptors (Lipinski definition) is 3. The molecule has 1 atom stereocenters. The van der Waals surface area contributed by atoms with Crippen LogP contribution < -0.4 is 79.9 Å². The van der Waals surface area contributed by atoms with E-state index in [0.29, 0.717) is 5.56 Å². The van der Waals surface area contributed by atoms with E-state index in [-0.39, 0.29) is 88.7 Å². The fourth-order valence-electron chi connectivity index (χ4n) is 4.64. The Balaban J connectivity index is 0.00000171. The van der Waals surface area contributed by atoms with Gasteiger partial charge in [0.15, 0.2) is 11.6 Å². The van der Waals surface area contributed by atoms with Crippen molar-refractivity contribution in [2.24, 2.45) is 5.92 Å². The van der Waals surface area contributed by atoms with Gasteiger partial charge in [-0.15, -0.1) is 5.46 Å². The van der Waals surface area contributed by atoms with E-state index in [0.717, 1.165) is 6.07 Å². The van der Waals surface area contributed by atoms with Crippen LogP contribution in [-0.4, -0.2) is 18.9 Å². The number of fused-ring (bicyclic) bond motifs is 1. The molecule has 0 saturated heterocycles. The molecule has 1 saturated carbocycles. The molecule has 4 rings (SSSR count). The molecule has 4 nitrogen and oxygen atoms in total. The van der Waals surface area contributed by atoms with Crippen molar-refractivity contribution >= 4 is 24.2 Å². The van der Waals surface area contributed by atoms with Crippen molar-refractivity contribution in [1.29, 1.82) is 0 Å². The Labute approximate surface area is 221 Å². The second-order valence-electron chi connectivity index (χ2n) is 7.63. The van der Waals surface area contributed by atoms with Gasteiger partial charge in [0.25, 0.3) is 0 Å². The Morgan fingerprint density at radius 3 is 2.10 bits per heavy atom. The quantitative estimate of drug-likeness (QED) is 0.378. The molecular formula is C20H16BF4NNa2O3. The monoisotopic (exact) mass is 451 g/mol. The summed E-state index contributed by atoms with van der Waals surface area (Å²) in [6.45, 7) is 0. The first-order valence-corrected chi connectivity index (χ1v) is 9.26. The molecule has 152 valence electrons. The Bertz CT molecular complexity index is 968. The summed E-state index contributed by atoms with van der Waals surface area (Å²) in [5.41, 5.74) is -1.34. The third-order valence-electron chi connectivity index (χ3n) is 6.08. The van der Waals surface area contributed by atoms with E-state index in [1.165, 1.54) is 30.3 Å². The van der Waals surface area contributed by atoms with Crippen LogP contribution in [0.15, 0.2) is 36.4 Å². The van der Waals surface area contributed by atoms with Gasteiger partial charge in [0, 0.05) is 12.8 Å². The van der Waals surface area contributed by atoms with Crippen LogP contribution in [0.4, 0.5) is 23.2 Å². The van der Waals surface area contributed by atoms with Gasteiger partial charge in [-0.3, -0.25) is 4.79 Å². The number of carbonyl (C=O) groups excluding carboxylic acids is 1. The van der Waals surface area contributed by atoms with Crippen molar-refractivity contribution < 1.29 is 91.5 Å². The molecule has 1 aliphatic carbocycles. The van der Waals surface area contributed by atoms with Crippen molar-refractivity contribution in [1.82, 2.24) is 0 Å². The van der Waals surface area contributed by atoms with Gasteiger partial charge in [-0.2, -0.15) is 0 Å². The fraction of sp³-hybridized carbons (Fsp3) is 0.350. The Morgan fingerprint density at radius 1 is 0.968 bits per heavy atom. The largest absolute Gasteiger partial charge is 1.00 e. The van der Waals surface area contributed by atoms with Crippen molar-refractivity contribution in [2.45, 2.75) is 37.0 Å². The van der Waals surface area contributed by atoms with E-state index >= 15 is 0 Å². The second-order valence-corrected chi connectivity index (χ2v) is 7.63. The minimum atomic E-state index is -2.84. The third kappa shape index (κ3) is 4.53. The Morgan fingerprint density at radius 2 is 1.55 bits per heavy atom. The SMILES string of the molecule is O=C1Nc2c(ccc(F)c2F)[C@]1(c1ccc(B([O-])[O-])cc1)C1CCC(F)(F)CC1.[Na+].[Na+]. The van der Waals surface area contributed by atoms with Crippen LogP contribution in [0.2, 0.25) is 0 Å². The zero-order valence-electron chi connectivity index (χ0n) is 17.2. The maximum atomic E-state index is 14.4. The second kappa shape index (κ2) is 9.85. The van der Waals surface area contributed by atoms with Crippen molar-refractivity contribution in [3.8, 4) is 0 Å². The van der Waals surface area contributed by atoms with Crippen LogP contribution >= 0.6 is 0 Å². The molecule has 2 aromatic carbocycles. The first kappa shape index (κ1) is 26.9. The smallest absolute Gasteiger partial charge is 0.889 e. The number of benzene rings is 2. The van der Waals surface area contributed by atoms with Gasteiger partial charge in [-0.25, -0.2) is 17.6 Å². The van der Waals surface area contributed by atoms with E-state index < -0.39 is 54.8 Å².